The van der Waals surface area contributed by atoms with Crippen LogP contribution in [0.15, 0.2) is 39.5 Å². The molecule has 23 heavy (non-hydrogen) atoms. The molecule has 0 bridgehead atoms. The molecule has 3 aromatic rings. The van der Waals surface area contributed by atoms with E-state index >= 15 is 0 Å². The number of halogens is 1. The molecule has 1 N–H and O–H groups in total. The van der Waals surface area contributed by atoms with Crippen LogP contribution >= 0.6 is 34.9 Å². The smallest absolute Gasteiger partial charge is 0.176 e. The van der Waals surface area contributed by atoms with Crippen molar-refractivity contribution in [2.24, 2.45) is 10.2 Å². The van der Waals surface area contributed by atoms with Crippen LogP contribution < -0.4 is 0 Å². The van der Waals surface area contributed by atoms with Crippen LogP contribution in [0.1, 0.15) is 5.56 Å². The molecule has 3 rings (SSSR count). The Hall–Kier alpha value is -2.21. The minimum atomic E-state index is -0.0127. The molecule has 0 amide bonds. The van der Waals surface area contributed by atoms with Crippen LogP contribution in [0, 0.1) is 11.3 Å². The van der Waals surface area contributed by atoms with Crippen LogP contribution in [-0.4, -0.2) is 20.7 Å². The molecular formula is C14H8ClN5OS2. The van der Waals surface area contributed by atoms with Gasteiger partial charge in [0, 0.05) is 0 Å². The summed E-state index contributed by atoms with van der Waals surface area (Å²) in [5.41, 5.74) is 1.52. The highest BCUT2D eigenvalue weighted by Crippen LogP contribution is 2.34. The second kappa shape index (κ2) is 6.50. The van der Waals surface area contributed by atoms with Crippen molar-refractivity contribution in [3.05, 3.63) is 34.9 Å². The molecule has 1 aromatic carbocycles. The quantitative estimate of drug-likeness (QED) is 0.519. The Morgan fingerprint density at radius 1 is 1.35 bits per heavy atom. The molecule has 0 aliphatic rings. The number of phenolic OH excluding ortho intramolecular Hbond substituents is 1. The van der Waals surface area contributed by atoms with Gasteiger partial charge in [0.1, 0.15) is 16.8 Å². The number of pyridine rings is 1. The van der Waals surface area contributed by atoms with Gasteiger partial charge in [-0.05, 0) is 42.1 Å². The van der Waals surface area contributed by atoms with Crippen molar-refractivity contribution < 1.29 is 5.11 Å². The Bertz CT molecular complexity index is 964. The lowest BCUT2D eigenvalue weighted by atomic mass is 10.2. The maximum absolute atomic E-state index is 9.39. The van der Waals surface area contributed by atoms with Gasteiger partial charge in [-0.1, -0.05) is 11.6 Å². The van der Waals surface area contributed by atoms with Crippen molar-refractivity contribution in [1.82, 2.24) is 9.36 Å². The van der Waals surface area contributed by atoms with E-state index in [1.165, 1.54) is 23.9 Å². The normalized spacial score (nSPS) is 11.2. The molecule has 2 heterocycles. The van der Waals surface area contributed by atoms with Gasteiger partial charge in [-0.15, -0.1) is 22.0 Å². The molecule has 9 heteroatoms. The Morgan fingerprint density at radius 2 is 2.17 bits per heavy atom. The molecule has 114 valence electrons. The molecule has 0 unspecified atom stereocenters. The fourth-order valence-corrected chi connectivity index (χ4v) is 3.13. The van der Waals surface area contributed by atoms with E-state index in [0.29, 0.717) is 32.3 Å². The number of fused-ring (bicyclic) bond motifs is 1. The predicted octanol–water partition coefficient (Wildman–Crippen LogP) is 5.06. The zero-order valence-corrected chi connectivity index (χ0v) is 14.1. The van der Waals surface area contributed by atoms with Crippen LogP contribution in [0.2, 0.25) is 5.02 Å². The molecule has 0 spiro atoms. The molecule has 0 aliphatic heterocycles. The number of thioether (sulfide) groups is 1. The molecule has 0 radical (unpaired) electrons. The first-order chi connectivity index (χ1) is 11.1. The molecule has 6 nitrogen and oxygen atoms in total. The number of rotatable bonds is 3. The van der Waals surface area contributed by atoms with E-state index in [-0.39, 0.29) is 10.8 Å². The van der Waals surface area contributed by atoms with E-state index in [1.807, 2.05) is 6.26 Å². The average molecular weight is 362 g/mol. The summed E-state index contributed by atoms with van der Waals surface area (Å²) < 4.78 is 4.23. The van der Waals surface area contributed by atoms with Crippen LogP contribution in [0.4, 0.5) is 10.7 Å². The van der Waals surface area contributed by atoms with Crippen molar-refractivity contribution in [3.63, 3.8) is 0 Å². The third-order valence-electron chi connectivity index (χ3n) is 2.92. The third kappa shape index (κ3) is 3.12. The highest BCUT2D eigenvalue weighted by Gasteiger charge is 2.12. The van der Waals surface area contributed by atoms with Crippen LogP contribution in [0.5, 0.6) is 5.75 Å². The van der Waals surface area contributed by atoms with Gasteiger partial charge in [0.15, 0.2) is 10.6 Å². The Labute approximate surface area is 144 Å². The van der Waals surface area contributed by atoms with Gasteiger partial charge in [-0.25, -0.2) is 4.98 Å². The van der Waals surface area contributed by atoms with Gasteiger partial charge in [-0.2, -0.15) is 9.64 Å². The number of phenols is 1. The van der Waals surface area contributed by atoms with Crippen molar-refractivity contribution in [1.29, 1.82) is 5.26 Å². The number of aromatic hydroxyl groups is 1. The van der Waals surface area contributed by atoms with E-state index in [9.17, 15) is 10.4 Å². The van der Waals surface area contributed by atoms with Gasteiger partial charge >= 0.3 is 0 Å². The first kappa shape index (κ1) is 15.7. The van der Waals surface area contributed by atoms with E-state index in [0.717, 1.165) is 11.5 Å². The lowest BCUT2D eigenvalue weighted by molar-refractivity contribution is 0.475. The first-order valence-corrected chi connectivity index (χ1v) is 8.64. The zero-order chi connectivity index (χ0) is 16.4. The van der Waals surface area contributed by atoms with Gasteiger partial charge in [0.2, 0.25) is 0 Å². The highest BCUT2D eigenvalue weighted by molar-refractivity contribution is 7.98. The molecule has 0 fully saturated rings. The van der Waals surface area contributed by atoms with Gasteiger partial charge < -0.3 is 5.11 Å². The zero-order valence-electron chi connectivity index (χ0n) is 11.7. The fraction of sp³-hybridized carbons (Fsp3) is 0.0714. The molecule has 0 aliphatic carbocycles. The van der Waals surface area contributed by atoms with Crippen molar-refractivity contribution >= 4 is 56.6 Å². The van der Waals surface area contributed by atoms with Crippen LogP contribution in [0.3, 0.4) is 0 Å². The monoisotopic (exact) mass is 361 g/mol. The number of nitriles is 1. The second-order valence-corrected chi connectivity index (χ2v) is 6.31. The molecule has 2 aromatic heterocycles. The lowest BCUT2D eigenvalue weighted by Gasteiger charge is -1.98. The number of aromatic nitrogens is 2. The summed E-state index contributed by atoms with van der Waals surface area (Å²) in [6.07, 6.45) is 1.86. The van der Waals surface area contributed by atoms with Gasteiger partial charge in [-0.3, -0.25) is 0 Å². The summed E-state index contributed by atoms with van der Waals surface area (Å²) in [4.78, 5) is 4.35. The van der Waals surface area contributed by atoms with Gasteiger partial charge in [0.05, 0.1) is 21.7 Å². The Balaban J connectivity index is 2.01. The molecule has 0 saturated heterocycles. The second-order valence-electron chi connectivity index (χ2n) is 4.35. The van der Waals surface area contributed by atoms with Crippen molar-refractivity contribution in [2.75, 3.05) is 6.26 Å². The number of nitrogens with zero attached hydrogens (tertiary/aromatic N) is 5. The Morgan fingerprint density at radius 3 is 2.87 bits per heavy atom. The minimum Gasteiger partial charge on any atom is -0.506 e. The number of azo groups is 1. The number of hydrogen-bond acceptors (Lipinski definition) is 8. The summed E-state index contributed by atoms with van der Waals surface area (Å²) in [7, 11) is 0. The van der Waals surface area contributed by atoms with Crippen molar-refractivity contribution in [3.8, 4) is 11.8 Å². The molecule has 0 saturated carbocycles. The van der Waals surface area contributed by atoms with Crippen molar-refractivity contribution in [2.45, 2.75) is 5.03 Å². The fourth-order valence-electron chi connectivity index (χ4n) is 1.82. The summed E-state index contributed by atoms with van der Waals surface area (Å²) >= 11 is 8.38. The van der Waals surface area contributed by atoms with Crippen LogP contribution in [-0.2, 0) is 0 Å². The Kier molecular flexibility index (Phi) is 4.43. The lowest BCUT2D eigenvalue weighted by Crippen LogP contribution is -1.86. The van der Waals surface area contributed by atoms with Gasteiger partial charge in [0.25, 0.3) is 0 Å². The topological polar surface area (TPSA) is 94.5 Å². The van der Waals surface area contributed by atoms with E-state index in [4.69, 9.17) is 11.6 Å². The maximum atomic E-state index is 9.39. The first-order valence-electron chi connectivity index (χ1n) is 6.27. The summed E-state index contributed by atoms with van der Waals surface area (Å²) in [5, 5.41) is 28.9. The number of hydrogen-bond donors (Lipinski definition) is 1. The summed E-state index contributed by atoms with van der Waals surface area (Å²) in [6, 6.07) is 8.39. The number of benzene rings is 1. The SMILES string of the molecule is CSc1nc2nsc(/N=N/c3ccc(O)c(Cl)c3)c2cc1C#N. The standard InChI is InChI=1S/C14H8ClN5OS2/c1-22-13-7(6-16)4-9-12(17-13)20-23-14(9)19-18-8-2-3-11(21)10(15)5-8/h2-5,21H,1H3/b19-18+. The van der Waals surface area contributed by atoms with E-state index < -0.39 is 0 Å². The molecular weight excluding hydrogens is 354 g/mol. The summed E-state index contributed by atoms with van der Waals surface area (Å²) in [6.45, 7) is 0. The minimum absolute atomic E-state index is 0.0127. The van der Waals surface area contributed by atoms with E-state index in [1.54, 1.807) is 12.1 Å². The maximum Gasteiger partial charge on any atom is 0.176 e. The van der Waals surface area contributed by atoms with Crippen LogP contribution in [0.25, 0.3) is 11.0 Å². The van der Waals surface area contributed by atoms with E-state index in [2.05, 4.69) is 25.7 Å². The predicted molar refractivity (Wildman–Crippen MR) is 91.2 cm³/mol. The highest BCUT2D eigenvalue weighted by atomic mass is 35.5. The third-order valence-corrected chi connectivity index (χ3v) is 4.66. The average Bonchev–Trinajstić information content (AvgIpc) is 2.96. The summed E-state index contributed by atoms with van der Waals surface area (Å²) in [5.74, 6) is -0.0127. The molecule has 0 atom stereocenters. The largest absolute Gasteiger partial charge is 0.506 e.